The molecule has 1 aliphatic heterocycles. The first-order valence-electron chi connectivity index (χ1n) is 6.82. The zero-order valence-corrected chi connectivity index (χ0v) is 12.7. The number of hydrogen-bond acceptors (Lipinski definition) is 3. The lowest BCUT2D eigenvalue weighted by Gasteiger charge is -2.32. The van der Waals surface area contributed by atoms with Gasteiger partial charge in [-0.3, -0.25) is 0 Å². The van der Waals surface area contributed by atoms with Crippen molar-refractivity contribution in [2.45, 2.75) is 58.7 Å². The van der Waals surface area contributed by atoms with Gasteiger partial charge >= 0.3 is 7.12 Å². The minimum absolute atomic E-state index is 0.225. The topological polar surface area (TPSA) is 38.7 Å². The number of phenolic OH excluding ortho intramolecular Hbond substituents is 1. The van der Waals surface area contributed by atoms with Crippen molar-refractivity contribution < 1.29 is 14.4 Å². The molecule has 0 bridgehead atoms. The molecular weight excluding hydrogens is 239 g/mol. The van der Waals surface area contributed by atoms with E-state index in [1.807, 2.05) is 39.8 Å². The van der Waals surface area contributed by atoms with E-state index in [1.54, 1.807) is 6.07 Å². The Hall–Kier alpha value is -0.995. The normalized spacial score (nSPS) is 21.1. The quantitative estimate of drug-likeness (QED) is 0.833. The molecular formula is C15H23BO3. The third kappa shape index (κ3) is 2.52. The summed E-state index contributed by atoms with van der Waals surface area (Å²) in [6, 6.07) is 5.63. The third-order valence-corrected chi connectivity index (χ3v) is 4.23. The minimum Gasteiger partial charge on any atom is -0.508 e. The molecule has 1 N–H and O–H groups in total. The molecule has 19 heavy (non-hydrogen) atoms. The van der Waals surface area contributed by atoms with Crippen molar-refractivity contribution in [1.82, 2.24) is 0 Å². The Bertz CT molecular complexity index is 464. The van der Waals surface area contributed by atoms with Crippen LogP contribution in [-0.4, -0.2) is 23.4 Å². The standard InChI is InChI=1S/C15H23BO3/c1-10(2)11-7-8-13(17)12(9-11)16-18-14(3,4)15(5,6)19-16/h7-10,17H,1-6H3. The Morgan fingerprint density at radius 3 is 2.05 bits per heavy atom. The second kappa shape index (κ2) is 4.53. The molecule has 0 saturated carbocycles. The van der Waals surface area contributed by atoms with Crippen molar-refractivity contribution in [2.75, 3.05) is 0 Å². The second-order valence-electron chi connectivity index (χ2n) is 6.56. The van der Waals surface area contributed by atoms with Crippen LogP contribution in [-0.2, 0) is 9.31 Å². The highest BCUT2D eigenvalue weighted by molar-refractivity contribution is 6.63. The molecule has 1 aromatic rings. The van der Waals surface area contributed by atoms with Gasteiger partial charge in [0.15, 0.2) is 0 Å². The highest BCUT2D eigenvalue weighted by Gasteiger charge is 2.52. The number of benzene rings is 1. The van der Waals surface area contributed by atoms with E-state index in [0.717, 1.165) is 0 Å². The molecule has 3 nitrogen and oxygen atoms in total. The molecule has 1 heterocycles. The van der Waals surface area contributed by atoms with E-state index < -0.39 is 18.3 Å². The SMILES string of the molecule is CC(C)c1ccc(O)c(B2OC(C)(C)C(C)(C)O2)c1. The average molecular weight is 262 g/mol. The van der Waals surface area contributed by atoms with Crippen LogP contribution in [0.5, 0.6) is 5.75 Å². The molecule has 2 rings (SSSR count). The smallest absolute Gasteiger partial charge is 0.498 e. The van der Waals surface area contributed by atoms with Gasteiger partial charge in [0.2, 0.25) is 0 Å². The predicted octanol–water partition coefficient (Wildman–Crippen LogP) is 2.81. The Morgan fingerprint density at radius 2 is 1.58 bits per heavy atom. The fourth-order valence-corrected chi connectivity index (χ4v) is 2.09. The highest BCUT2D eigenvalue weighted by Crippen LogP contribution is 2.37. The highest BCUT2D eigenvalue weighted by atomic mass is 16.7. The van der Waals surface area contributed by atoms with E-state index in [4.69, 9.17) is 9.31 Å². The van der Waals surface area contributed by atoms with Gasteiger partial charge < -0.3 is 14.4 Å². The van der Waals surface area contributed by atoms with Crippen LogP contribution in [0.15, 0.2) is 18.2 Å². The van der Waals surface area contributed by atoms with E-state index >= 15 is 0 Å². The van der Waals surface area contributed by atoms with Crippen LogP contribution in [0.1, 0.15) is 53.0 Å². The number of aromatic hydroxyl groups is 1. The summed E-state index contributed by atoms with van der Waals surface area (Å²) < 4.78 is 12.0. The minimum atomic E-state index is -0.510. The first-order valence-corrected chi connectivity index (χ1v) is 6.82. The molecule has 0 unspecified atom stereocenters. The Kier molecular flexibility index (Phi) is 3.44. The van der Waals surface area contributed by atoms with Gasteiger partial charge in [-0.25, -0.2) is 0 Å². The van der Waals surface area contributed by atoms with E-state index in [-0.39, 0.29) is 5.75 Å². The molecule has 4 heteroatoms. The maximum Gasteiger partial charge on any atom is 0.498 e. The molecule has 104 valence electrons. The maximum absolute atomic E-state index is 10.1. The van der Waals surface area contributed by atoms with Crippen LogP contribution >= 0.6 is 0 Å². The summed E-state index contributed by atoms with van der Waals surface area (Å²) >= 11 is 0. The molecule has 0 amide bonds. The fourth-order valence-electron chi connectivity index (χ4n) is 2.09. The zero-order chi connectivity index (χ0) is 14.4. The van der Waals surface area contributed by atoms with Gasteiger partial charge in [0.1, 0.15) is 5.75 Å². The lowest BCUT2D eigenvalue weighted by molar-refractivity contribution is 0.00578. The molecule has 1 aliphatic rings. The van der Waals surface area contributed by atoms with Crippen molar-refractivity contribution in [3.63, 3.8) is 0 Å². The number of rotatable bonds is 2. The molecule has 0 radical (unpaired) electrons. The van der Waals surface area contributed by atoms with Gasteiger partial charge in [0.25, 0.3) is 0 Å². The van der Waals surface area contributed by atoms with Gasteiger partial charge in [-0.1, -0.05) is 26.0 Å². The maximum atomic E-state index is 10.1. The summed E-state index contributed by atoms with van der Waals surface area (Å²) in [7, 11) is -0.510. The van der Waals surface area contributed by atoms with Gasteiger partial charge in [0.05, 0.1) is 11.2 Å². The monoisotopic (exact) mass is 262 g/mol. The predicted molar refractivity (Wildman–Crippen MR) is 77.9 cm³/mol. The lowest BCUT2D eigenvalue weighted by Crippen LogP contribution is -2.41. The van der Waals surface area contributed by atoms with Gasteiger partial charge in [-0.05, 0) is 45.2 Å². The molecule has 1 saturated heterocycles. The van der Waals surface area contributed by atoms with E-state index in [2.05, 4.69) is 13.8 Å². The van der Waals surface area contributed by atoms with Crippen LogP contribution in [0.3, 0.4) is 0 Å². The zero-order valence-electron chi connectivity index (χ0n) is 12.7. The summed E-state index contributed by atoms with van der Waals surface area (Å²) in [6.45, 7) is 12.3. The van der Waals surface area contributed by atoms with Gasteiger partial charge in [0, 0.05) is 5.46 Å². The molecule has 0 atom stereocenters. The summed E-state index contributed by atoms with van der Waals surface area (Å²) in [6.07, 6.45) is 0. The van der Waals surface area contributed by atoms with Crippen LogP contribution in [0.4, 0.5) is 0 Å². The summed E-state index contributed by atoms with van der Waals surface area (Å²) in [5.74, 6) is 0.629. The van der Waals surface area contributed by atoms with E-state index in [0.29, 0.717) is 11.4 Å². The van der Waals surface area contributed by atoms with Crippen molar-refractivity contribution in [3.05, 3.63) is 23.8 Å². The first kappa shape index (κ1) is 14.4. The lowest BCUT2D eigenvalue weighted by atomic mass is 9.77. The summed E-state index contributed by atoms with van der Waals surface area (Å²) in [4.78, 5) is 0. The largest absolute Gasteiger partial charge is 0.508 e. The van der Waals surface area contributed by atoms with Gasteiger partial charge in [-0.15, -0.1) is 0 Å². The average Bonchev–Trinajstić information content (AvgIpc) is 2.48. The summed E-state index contributed by atoms with van der Waals surface area (Å²) in [5.41, 5.74) is 1.10. The third-order valence-electron chi connectivity index (χ3n) is 4.23. The van der Waals surface area contributed by atoms with E-state index in [9.17, 15) is 5.11 Å². The van der Waals surface area contributed by atoms with Crippen molar-refractivity contribution in [1.29, 1.82) is 0 Å². The number of hydrogen-bond donors (Lipinski definition) is 1. The molecule has 1 aromatic carbocycles. The van der Waals surface area contributed by atoms with Crippen LogP contribution in [0.2, 0.25) is 0 Å². The van der Waals surface area contributed by atoms with Gasteiger partial charge in [-0.2, -0.15) is 0 Å². The van der Waals surface area contributed by atoms with Crippen LogP contribution < -0.4 is 5.46 Å². The number of phenols is 1. The second-order valence-corrected chi connectivity index (χ2v) is 6.56. The molecule has 0 aliphatic carbocycles. The Morgan fingerprint density at radius 1 is 1.05 bits per heavy atom. The Labute approximate surface area is 116 Å². The van der Waals surface area contributed by atoms with Crippen molar-refractivity contribution in [2.24, 2.45) is 0 Å². The Balaban J connectivity index is 2.36. The van der Waals surface area contributed by atoms with E-state index in [1.165, 1.54) is 5.56 Å². The molecule has 0 aromatic heterocycles. The van der Waals surface area contributed by atoms with Crippen molar-refractivity contribution in [3.8, 4) is 5.75 Å². The van der Waals surface area contributed by atoms with Crippen LogP contribution in [0.25, 0.3) is 0 Å². The first-order chi connectivity index (χ1) is 8.64. The molecule has 0 spiro atoms. The van der Waals surface area contributed by atoms with Crippen LogP contribution in [0, 0.1) is 0 Å². The van der Waals surface area contributed by atoms with Crippen molar-refractivity contribution >= 4 is 12.6 Å². The molecule has 1 fully saturated rings. The fraction of sp³-hybridized carbons (Fsp3) is 0.600. The summed E-state index contributed by atoms with van der Waals surface area (Å²) in [5, 5.41) is 10.1.